The van der Waals surface area contributed by atoms with E-state index in [0.717, 1.165) is 16.7 Å². The van der Waals surface area contributed by atoms with Gasteiger partial charge in [-0.05, 0) is 112 Å². The summed E-state index contributed by atoms with van der Waals surface area (Å²) < 4.78 is 92.9. The van der Waals surface area contributed by atoms with Crippen LogP contribution in [0.25, 0.3) is 27.0 Å². The molecule has 10 atom stereocenters. The third kappa shape index (κ3) is 13.9. The average Bonchev–Trinajstić information content (AvgIpc) is 1.51. The number of methoxy groups -OCH3 is 5. The number of nitrogens with zero attached hydrogens (tertiary/aromatic N) is 7. The van der Waals surface area contributed by atoms with Crippen molar-refractivity contribution in [2.75, 3.05) is 72.5 Å². The molecule has 1 aliphatic heterocycles. The number of carbonyl (C=O) groups excluding carboxylic acids is 2. The van der Waals surface area contributed by atoms with Crippen LogP contribution in [-0.4, -0.2) is 132 Å². The van der Waals surface area contributed by atoms with E-state index < -0.39 is 91.0 Å². The van der Waals surface area contributed by atoms with E-state index in [1.807, 2.05) is 183 Å². The fourth-order valence-electron chi connectivity index (χ4n) is 15.2. The van der Waals surface area contributed by atoms with Crippen LogP contribution in [0, 0.1) is 29.7 Å². The fourth-order valence-corrected chi connectivity index (χ4v) is 16.8. The topological polar surface area (TPSA) is 275 Å². The normalized spacial score (nSPS) is 21.0. The summed E-state index contributed by atoms with van der Waals surface area (Å²) in [5.41, 5.74) is 0.806. The van der Waals surface area contributed by atoms with Crippen LogP contribution in [0.3, 0.4) is 0 Å². The molecule has 2 saturated carbocycles. The molecule has 1 unspecified atom stereocenters. The second kappa shape index (κ2) is 30.9. The number of imidazole rings is 1. The zero-order valence-corrected chi connectivity index (χ0v) is 61.0. The van der Waals surface area contributed by atoms with E-state index in [1.165, 1.54) is 24.3 Å². The molecule has 11 aromatic rings. The van der Waals surface area contributed by atoms with Crippen LogP contribution in [0.1, 0.15) is 83.2 Å². The largest absolute Gasteiger partial charge is 0.497 e. The Hall–Kier alpha value is -10.9. The SMILES string of the molecule is [C-]#[N+]CCOP(=O)(OC[C@H]1O[C@@H](n2cnc3c(=O)[nH]c(NC(=O)C(C)C)nc32)[C@H](OC(c2ccccc2)(c2ccc(OC)cc2)c2ccc(OC)cc2)[C@@H]1OC)O[C@H]1[C@@H](C)[C@H](n2ccc3c(NC(=O)c4ccccc4)ncnc32)[C@H]2C[C@]21COC(c1ccccc1)(c1ccc(OC)cc1)c1ccc(OC)cc1. The van der Waals surface area contributed by atoms with Crippen molar-refractivity contribution in [3.05, 3.63) is 274 Å². The van der Waals surface area contributed by atoms with Gasteiger partial charge >= 0.3 is 7.82 Å². The number of nitrogens with one attached hydrogen (secondary N) is 3. The Morgan fingerprint density at radius 2 is 1.21 bits per heavy atom. The molecule has 25 nitrogen and oxygen atoms in total. The number of H-pyrrole nitrogens is 1. The van der Waals surface area contributed by atoms with Crippen molar-refractivity contribution in [1.82, 2.24) is 34.1 Å². The zero-order chi connectivity index (χ0) is 74.6. The number of carbonyl (C=O) groups is 2. The molecule has 0 bridgehead atoms. The molecule has 3 fully saturated rings. The van der Waals surface area contributed by atoms with Gasteiger partial charge in [0.15, 0.2) is 17.4 Å². The van der Waals surface area contributed by atoms with Crippen LogP contribution in [-0.2, 0) is 53.1 Å². The van der Waals surface area contributed by atoms with Gasteiger partial charge in [0, 0.05) is 42.2 Å². The molecule has 4 aromatic heterocycles. The highest BCUT2D eigenvalue weighted by atomic mass is 31.2. The predicted molar refractivity (Wildman–Crippen MR) is 398 cm³/mol. The minimum Gasteiger partial charge on any atom is -0.497 e. The fraction of sp³-hybridized carbons (Fsp3) is 0.309. The highest BCUT2D eigenvalue weighted by Gasteiger charge is 2.73. The lowest BCUT2D eigenvalue weighted by Gasteiger charge is -2.40. The molecule has 26 heteroatoms. The van der Waals surface area contributed by atoms with Crippen molar-refractivity contribution in [2.24, 2.45) is 23.2 Å². The summed E-state index contributed by atoms with van der Waals surface area (Å²) in [5, 5.41) is 6.30. The summed E-state index contributed by atoms with van der Waals surface area (Å²) in [6.07, 6.45) is -0.691. The second-order valence-electron chi connectivity index (χ2n) is 26.9. The lowest BCUT2D eigenvalue weighted by Crippen LogP contribution is -2.45. The van der Waals surface area contributed by atoms with E-state index >= 15 is 4.57 Å². The molecule has 0 spiro atoms. The summed E-state index contributed by atoms with van der Waals surface area (Å²) in [6.45, 7) is 12.2. The number of amides is 2. The van der Waals surface area contributed by atoms with Gasteiger partial charge in [0.05, 0.1) is 59.5 Å². The number of hydrogen-bond donors (Lipinski definition) is 3. The number of phosphoric acid groups is 1. The Bertz CT molecular complexity index is 5010. The molecule has 2 amide bonds. The van der Waals surface area contributed by atoms with Crippen LogP contribution in [0.4, 0.5) is 11.8 Å². The summed E-state index contributed by atoms with van der Waals surface area (Å²) in [6, 6.07) is 60.2. The average molecular weight is 1470 g/mol. The molecule has 107 heavy (non-hydrogen) atoms. The molecule has 3 aliphatic rings. The molecule has 5 heterocycles. The zero-order valence-electron chi connectivity index (χ0n) is 60.1. The monoisotopic (exact) mass is 1460 g/mol. The van der Waals surface area contributed by atoms with E-state index in [-0.39, 0.29) is 48.7 Å². The van der Waals surface area contributed by atoms with E-state index in [2.05, 4.69) is 35.0 Å². The van der Waals surface area contributed by atoms with Crippen LogP contribution >= 0.6 is 7.82 Å². The van der Waals surface area contributed by atoms with Gasteiger partial charge < -0.3 is 52.6 Å². The molecular weight excluding hydrogens is 1380 g/mol. The predicted octanol–water partition coefficient (Wildman–Crippen LogP) is 13.4. The standard InChI is InChI=1S/C81H81N10O15P/c1-50(2)74(92)88-78-87-73-66(76(94)89-78)85-49-91(73)77-69(105-81(54-23-17-12-18-24-54,57-29-37-61(98-7)38-30-57)58-31-39-62(99-8)40-32-58)68(100-9)65(104-77)46-103-107(95,102-44-42-82-4)106-70-51(3)67(90-43-41-63-71(83-48-84-72(63)90)86-75(93)52-19-13-10-14-20-52)64-45-79(64,70)47-101-80(53-21-15-11-16-22-53,55-25-33-59(96-5)34-26-55)56-27-35-60(97-6)36-28-56/h10-41,43,48-51,64-65,67-70,77H,42,44-47H2,1-3,5-9H3,(H,83,84,86,93)(H2,87,88,89,92,94)/t51-,64+,65+,67-,68+,69+,70-,77+,79-,107?/m0/s1. The summed E-state index contributed by atoms with van der Waals surface area (Å²) >= 11 is 0. The van der Waals surface area contributed by atoms with E-state index in [1.54, 1.807) is 66.6 Å². The van der Waals surface area contributed by atoms with Gasteiger partial charge in [0.1, 0.15) is 76.9 Å². The van der Waals surface area contributed by atoms with Gasteiger partial charge in [0.25, 0.3) is 11.5 Å². The minimum absolute atomic E-state index is 0.00703. The Labute approximate surface area is 617 Å². The number of aromatic amines is 1. The summed E-state index contributed by atoms with van der Waals surface area (Å²) in [7, 11) is 2.94. The number of benzene rings is 7. The van der Waals surface area contributed by atoms with Crippen LogP contribution in [0.2, 0.25) is 0 Å². The first-order valence-corrected chi connectivity index (χ1v) is 36.5. The first-order chi connectivity index (χ1) is 52.0. The molecular formula is C81H81N10O15P. The van der Waals surface area contributed by atoms with Crippen molar-refractivity contribution < 1.29 is 65.6 Å². The number of aromatic nitrogens is 7. The molecule has 3 N–H and O–H groups in total. The third-order valence-corrected chi connectivity index (χ3v) is 22.1. The van der Waals surface area contributed by atoms with Gasteiger partial charge in [-0.2, -0.15) is 4.98 Å². The number of hydrogen-bond acceptors (Lipinski definition) is 19. The first kappa shape index (κ1) is 73.0. The maximum atomic E-state index is 16.6. The molecule has 550 valence electrons. The molecule has 0 radical (unpaired) electrons. The maximum Gasteiger partial charge on any atom is 0.475 e. The van der Waals surface area contributed by atoms with Crippen LogP contribution in [0.5, 0.6) is 23.0 Å². The second-order valence-corrected chi connectivity index (χ2v) is 28.5. The van der Waals surface area contributed by atoms with Gasteiger partial charge in [-0.3, -0.25) is 42.8 Å². The van der Waals surface area contributed by atoms with Gasteiger partial charge in [0.2, 0.25) is 18.4 Å². The Morgan fingerprint density at radius 3 is 1.76 bits per heavy atom. The Morgan fingerprint density at radius 1 is 0.673 bits per heavy atom. The van der Waals surface area contributed by atoms with Gasteiger partial charge in [-0.25, -0.2) is 26.1 Å². The summed E-state index contributed by atoms with van der Waals surface area (Å²) in [4.78, 5) is 66.0. The van der Waals surface area contributed by atoms with Gasteiger partial charge in [-0.15, -0.1) is 0 Å². The van der Waals surface area contributed by atoms with E-state index in [9.17, 15) is 14.4 Å². The lowest BCUT2D eigenvalue weighted by molar-refractivity contribution is -0.126. The number of rotatable bonds is 30. The first-order valence-electron chi connectivity index (χ1n) is 35.1. The van der Waals surface area contributed by atoms with Crippen molar-refractivity contribution in [3.63, 3.8) is 0 Å². The van der Waals surface area contributed by atoms with Crippen molar-refractivity contribution in [1.29, 1.82) is 0 Å². The molecule has 14 rings (SSSR count). The Balaban J connectivity index is 0.881. The lowest BCUT2D eigenvalue weighted by atomic mass is 9.79. The summed E-state index contributed by atoms with van der Waals surface area (Å²) in [5.74, 6) is 0.591. The van der Waals surface area contributed by atoms with Crippen LogP contribution in [0.15, 0.2) is 218 Å². The van der Waals surface area contributed by atoms with Gasteiger partial charge in [-0.1, -0.05) is 148 Å². The highest BCUT2D eigenvalue weighted by molar-refractivity contribution is 7.48. The van der Waals surface area contributed by atoms with Crippen molar-refractivity contribution in [2.45, 2.75) is 75.1 Å². The third-order valence-electron chi connectivity index (χ3n) is 20.6. The van der Waals surface area contributed by atoms with Crippen LogP contribution < -0.4 is 35.1 Å². The van der Waals surface area contributed by atoms with Crippen molar-refractivity contribution in [3.8, 4) is 23.0 Å². The highest BCUT2D eigenvalue weighted by Crippen LogP contribution is 2.74. The van der Waals surface area contributed by atoms with E-state index in [4.69, 9.17) is 68.0 Å². The number of phosphoric ester groups is 1. The molecule has 1 saturated heterocycles. The number of anilines is 2. The molecule has 7 aromatic carbocycles. The van der Waals surface area contributed by atoms with E-state index in [0.29, 0.717) is 68.5 Å². The van der Waals surface area contributed by atoms with Crippen molar-refractivity contribution >= 4 is 53.6 Å². The maximum absolute atomic E-state index is 16.6. The number of ether oxygens (including phenoxy) is 8. The quantitative estimate of drug-likeness (QED) is 0.0163. The molecule has 2 aliphatic carbocycles. The number of fused-ring (bicyclic) bond motifs is 3. The minimum atomic E-state index is -4.94. The smallest absolute Gasteiger partial charge is 0.475 e. The Kier molecular flexibility index (Phi) is 21.1.